The van der Waals surface area contributed by atoms with Gasteiger partial charge in [-0.2, -0.15) is 0 Å². The van der Waals surface area contributed by atoms with E-state index in [0.717, 1.165) is 47.2 Å². The predicted octanol–water partition coefficient (Wildman–Crippen LogP) is 3.59. The van der Waals surface area contributed by atoms with Gasteiger partial charge < -0.3 is 10.2 Å². The Kier molecular flexibility index (Phi) is 6.74. The van der Waals surface area contributed by atoms with Gasteiger partial charge >= 0.3 is 0 Å². The summed E-state index contributed by atoms with van der Waals surface area (Å²) in [5.74, 6) is 0.0357. The van der Waals surface area contributed by atoms with Gasteiger partial charge in [0, 0.05) is 49.4 Å². The van der Waals surface area contributed by atoms with Crippen molar-refractivity contribution in [3.05, 3.63) is 81.8 Å². The topological polar surface area (TPSA) is 65.5 Å². The molecule has 0 atom stereocenters. The predicted molar refractivity (Wildman–Crippen MR) is 123 cm³/mol. The minimum Gasteiger partial charge on any atom is -0.336 e. The van der Waals surface area contributed by atoms with E-state index in [4.69, 9.17) is 0 Å². The third-order valence-electron chi connectivity index (χ3n) is 5.31. The number of carbonyl (C=O) groups is 2. The maximum absolute atomic E-state index is 12.6. The minimum atomic E-state index is -0.0576. The molecule has 1 aliphatic heterocycles. The van der Waals surface area contributed by atoms with Crippen LogP contribution in [-0.4, -0.2) is 52.8 Å². The second-order valence-corrected chi connectivity index (χ2v) is 8.70. The zero-order valence-corrected chi connectivity index (χ0v) is 18.4. The van der Waals surface area contributed by atoms with E-state index in [9.17, 15) is 9.59 Å². The number of aryl methyl sites for hydroxylation is 1. The van der Waals surface area contributed by atoms with Gasteiger partial charge in [-0.25, -0.2) is 4.98 Å². The largest absolute Gasteiger partial charge is 0.336 e. The maximum atomic E-state index is 12.6. The Labute approximate surface area is 186 Å². The highest BCUT2D eigenvalue weighted by molar-refractivity contribution is 7.09. The van der Waals surface area contributed by atoms with E-state index in [1.165, 1.54) is 11.3 Å². The number of hydrogen-bond acceptors (Lipinski definition) is 5. The highest BCUT2D eigenvalue weighted by Gasteiger charge is 2.22. The molecule has 1 fully saturated rings. The van der Waals surface area contributed by atoms with Gasteiger partial charge in [0.1, 0.15) is 5.01 Å². The molecule has 3 aromatic rings. The third kappa shape index (κ3) is 5.77. The highest BCUT2D eigenvalue weighted by atomic mass is 32.1. The van der Waals surface area contributed by atoms with E-state index in [-0.39, 0.29) is 18.2 Å². The fraction of sp³-hybridized carbons (Fsp3) is 0.292. The van der Waals surface area contributed by atoms with E-state index < -0.39 is 0 Å². The number of rotatable bonds is 6. The summed E-state index contributed by atoms with van der Waals surface area (Å²) in [5, 5.41) is 5.76. The lowest BCUT2D eigenvalue weighted by atomic mass is 10.2. The summed E-state index contributed by atoms with van der Waals surface area (Å²) >= 11 is 1.52. The first-order chi connectivity index (χ1) is 15.1. The van der Waals surface area contributed by atoms with E-state index in [1.807, 2.05) is 71.8 Å². The quantitative estimate of drug-likeness (QED) is 0.644. The van der Waals surface area contributed by atoms with Crippen LogP contribution in [0.5, 0.6) is 0 Å². The molecule has 2 aromatic carbocycles. The molecule has 31 heavy (non-hydrogen) atoms. The summed E-state index contributed by atoms with van der Waals surface area (Å²) in [7, 11) is 0. The van der Waals surface area contributed by atoms with Gasteiger partial charge in [0.25, 0.3) is 5.91 Å². The standard InChI is InChI=1S/C24H26N4O2S/c1-18-7-9-20(10-8-18)25-22(29)15-23-26-21(17-31-23)16-27-11-13-28(14-12-27)24(30)19-5-3-2-4-6-19/h2-10,17H,11-16H2,1H3,(H,25,29). The molecule has 7 heteroatoms. The molecule has 0 bridgehead atoms. The number of benzene rings is 2. The number of anilines is 1. The van der Waals surface area contributed by atoms with Crippen LogP contribution in [0.15, 0.2) is 60.0 Å². The number of aromatic nitrogens is 1. The Hall–Kier alpha value is -3.03. The first kappa shape index (κ1) is 21.2. The minimum absolute atomic E-state index is 0.0576. The molecule has 2 heterocycles. The molecule has 1 saturated heterocycles. The number of thiazole rings is 1. The van der Waals surface area contributed by atoms with Crippen molar-refractivity contribution in [2.75, 3.05) is 31.5 Å². The first-order valence-electron chi connectivity index (χ1n) is 10.4. The zero-order valence-electron chi connectivity index (χ0n) is 17.6. The Morgan fingerprint density at radius 2 is 1.71 bits per heavy atom. The van der Waals surface area contributed by atoms with Crippen LogP contribution in [0.25, 0.3) is 0 Å². The van der Waals surface area contributed by atoms with Crippen LogP contribution in [0, 0.1) is 6.92 Å². The summed E-state index contributed by atoms with van der Waals surface area (Å²) in [5.41, 5.74) is 3.68. The average Bonchev–Trinajstić information content (AvgIpc) is 3.22. The zero-order chi connectivity index (χ0) is 21.6. The van der Waals surface area contributed by atoms with Crippen molar-refractivity contribution in [2.24, 2.45) is 0 Å². The van der Waals surface area contributed by atoms with Crippen molar-refractivity contribution < 1.29 is 9.59 Å². The van der Waals surface area contributed by atoms with Crippen LogP contribution >= 0.6 is 11.3 Å². The van der Waals surface area contributed by atoms with Gasteiger partial charge in [-0.15, -0.1) is 11.3 Å². The van der Waals surface area contributed by atoms with Crippen molar-refractivity contribution in [1.82, 2.24) is 14.8 Å². The van der Waals surface area contributed by atoms with Crippen molar-refractivity contribution in [3.63, 3.8) is 0 Å². The molecular weight excluding hydrogens is 408 g/mol. The van der Waals surface area contributed by atoms with Crippen molar-refractivity contribution >= 4 is 28.8 Å². The lowest BCUT2D eigenvalue weighted by Crippen LogP contribution is -2.48. The number of carbonyl (C=O) groups excluding carboxylic acids is 2. The van der Waals surface area contributed by atoms with Gasteiger partial charge in [0.15, 0.2) is 0 Å². The van der Waals surface area contributed by atoms with Crippen LogP contribution < -0.4 is 5.32 Å². The number of amides is 2. The average molecular weight is 435 g/mol. The van der Waals surface area contributed by atoms with Crippen LogP contribution in [0.4, 0.5) is 5.69 Å². The molecule has 0 aliphatic carbocycles. The molecule has 4 rings (SSSR count). The van der Waals surface area contributed by atoms with Gasteiger partial charge in [-0.05, 0) is 31.2 Å². The highest BCUT2D eigenvalue weighted by Crippen LogP contribution is 2.16. The third-order valence-corrected chi connectivity index (χ3v) is 6.21. The number of piperazine rings is 1. The van der Waals surface area contributed by atoms with E-state index in [0.29, 0.717) is 13.1 Å². The summed E-state index contributed by atoms with van der Waals surface area (Å²) < 4.78 is 0. The van der Waals surface area contributed by atoms with Crippen molar-refractivity contribution in [2.45, 2.75) is 19.9 Å². The van der Waals surface area contributed by atoms with Gasteiger partial charge in [0.2, 0.25) is 5.91 Å². The second kappa shape index (κ2) is 9.85. The number of hydrogen-bond donors (Lipinski definition) is 1. The normalized spacial score (nSPS) is 14.4. The summed E-state index contributed by atoms with van der Waals surface area (Å²) in [6, 6.07) is 17.2. The number of nitrogens with zero attached hydrogens (tertiary/aromatic N) is 3. The summed E-state index contributed by atoms with van der Waals surface area (Å²) in [4.78, 5) is 33.7. The molecule has 0 spiro atoms. The van der Waals surface area contributed by atoms with E-state index in [2.05, 4.69) is 15.2 Å². The monoisotopic (exact) mass is 434 g/mol. The maximum Gasteiger partial charge on any atom is 0.253 e. The smallest absolute Gasteiger partial charge is 0.253 e. The summed E-state index contributed by atoms with van der Waals surface area (Å²) in [6.45, 7) is 5.82. The van der Waals surface area contributed by atoms with Gasteiger partial charge in [-0.1, -0.05) is 35.9 Å². The molecule has 160 valence electrons. The summed E-state index contributed by atoms with van der Waals surface area (Å²) in [6.07, 6.45) is 0.276. The molecule has 1 N–H and O–H groups in total. The fourth-order valence-electron chi connectivity index (χ4n) is 3.58. The molecule has 1 aliphatic rings. The van der Waals surface area contributed by atoms with E-state index in [1.54, 1.807) is 0 Å². The lowest BCUT2D eigenvalue weighted by Gasteiger charge is -2.34. The molecule has 6 nitrogen and oxygen atoms in total. The van der Waals surface area contributed by atoms with Crippen LogP contribution in [0.2, 0.25) is 0 Å². The second-order valence-electron chi connectivity index (χ2n) is 7.76. The molecule has 1 aromatic heterocycles. The Bertz CT molecular complexity index is 1030. The van der Waals surface area contributed by atoms with E-state index >= 15 is 0 Å². The van der Waals surface area contributed by atoms with Crippen LogP contribution in [0.3, 0.4) is 0 Å². The SMILES string of the molecule is Cc1ccc(NC(=O)Cc2nc(CN3CCN(C(=O)c4ccccc4)CC3)cs2)cc1. The fourth-order valence-corrected chi connectivity index (χ4v) is 4.37. The van der Waals surface area contributed by atoms with Crippen molar-refractivity contribution in [3.8, 4) is 0 Å². The molecule has 0 saturated carbocycles. The Morgan fingerprint density at radius 1 is 1.00 bits per heavy atom. The van der Waals surface area contributed by atoms with Gasteiger partial charge in [-0.3, -0.25) is 14.5 Å². The molecule has 2 amide bonds. The Morgan fingerprint density at radius 3 is 2.42 bits per heavy atom. The lowest BCUT2D eigenvalue weighted by molar-refractivity contribution is -0.115. The van der Waals surface area contributed by atoms with Gasteiger partial charge in [0.05, 0.1) is 12.1 Å². The molecule has 0 radical (unpaired) electrons. The number of nitrogens with one attached hydrogen (secondary N) is 1. The molecular formula is C24H26N4O2S. The van der Waals surface area contributed by atoms with Crippen LogP contribution in [0.1, 0.15) is 26.6 Å². The molecule has 0 unspecified atom stereocenters. The first-order valence-corrected chi connectivity index (χ1v) is 11.3. The van der Waals surface area contributed by atoms with Crippen molar-refractivity contribution in [1.29, 1.82) is 0 Å². The van der Waals surface area contributed by atoms with Crippen LogP contribution in [-0.2, 0) is 17.8 Å². The Balaban J connectivity index is 1.24.